The Balaban J connectivity index is 1.50. The molecule has 130 valence electrons. The number of nitrogens with one attached hydrogen (secondary N) is 1. The molecule has 7 heteroatoms. The molecule has 3 heterocycles. The largest absolute Gasteiger partial charge is 0.317 e. The Bertz CT molecular complexity index is 820. The molecule has 1 aliphatic heterocycles. The monoisotopic (exact) mass is 354 g/mol. The van der Waals surface area contributed by atoms with Gasteiger partial charge in [-0.15, -0.1) is 10.2 Å². The molecular formula is C18H22N6S. The number of para-hydroxylation sites is 1. The van der Waals surface area contributed by atoms with E-state index >= 15 is 0 Å². The van der Waals surface area contributed by atoms with E-state index in [2.05, 4.69) is 50.4 Å². The Morgan fingerprint density at radius 2 is 2.00 bits per heavy atom. The van der Waals surface area contributed by atoms with Crippen LogP contribution in [0.5, 0.6) is 0 Å². The highest BCUT2D eigenvalue weighted by Crippen LogP contribution is 2.29. The SMILES string of the molecule is Cn1c(SCc2ccccc2-n2cccn2)nnc1C1CCNCC1. The summed E-state index contributed by atoms with van der Waals surface area (Å²) in [5.74, 6) is 2.47. The zero-order chi connectivity index (χ0) is 17.1. The molecule has 0 radical (unpaired) electrons. The summed E-state index contributed by atoms with van der Waals surface area (Å²) in [6.45, 7) is 2.13. The second kappa shape index (κ2) is 7.41. The van der Waals surface area contributed by atoms with Crippen LogP contribution in [0.25, 0.3) is 5.69 Å². The molecule has 1 aliphatic rings. The quantitative estimate of drug-likeness (QED) is 0.714. The van der Waals surface area contributed by atoms with Crippen LogP contribution in [-0.4, -0.2) is 37.6 Å². The number of hydrogen-bond donors (Lipinski definition) is 1. The van der Waals surface area contributed by atoms with Crippen LogP contribution in [-0.2, 0) is 12.8 Å². The van der Waals surface area contributed by atoms with Crippen LogP contribution < -0.4 is 5.32 Å². The summed E-state index contributed by atoms with van der Waals surface area (Å²) < 4.78 is 4.07. The number of hydrogen-bond acceptors (Lipinski definition) is 5. The lowest BCUT2D eigenvalue weighted by Crippen LogP contribution is -2.27. The van der Waals surface area contributed by atoms with Crippen molar-refractivity contribution in [2.24, 2.45) is 7.05 Å². The average Bonchev–Trinajstić information content (AvgIpc) is 3.31. The number of aromatic nitrogens is 5. The van der Waals surface area contributed by atoms with Gasteiger partial charge < -0.3 is 9.88 Å². The van der Waals surface area contributed by atoms with Crippen LogP contribution >= 0.6 is 11.8 Å². The van der Waals surface area contributed by atoms with Gasteiger partial charge in [0.05, 0.1) is 5.69 Å². The van der Waals surface area contributed by atoms with E-state index in [9.17, 15) is 0 Å². The van der Waals surface area contributed by atoms with Crippen LogP contribution in [0, 0.1) is 0 Å². The summed E-state index contributed by atoms with van der Waals surface area (Å²) in [6, 6.07) is 10.3. The molecule has 1 N–H and O–H groups in total. The average molecular weight is 354 g/mol. The van der Waals surface area contributed by atoms with E-state index < -0.39 is 0 Å². The molecular weight excluding hydrogens is 332 g/mol. The second-order valence-electron chi connectivity index (χ2n) is 6.29. The van der Waals surface area contributed by atoms with Crippen molar-refractivity contribution in [2.75, 3.05) is 13.1 Å². The summed E-state index contributed by atoms with van der Waals surface area (Å²) in [5.41, 5.74) is 2.35. The van der Waals surface area contributed by atoms with Gasteiger partial charge in [-0.3, -0.25) is 0 Å². The van der Waals surface area contributed by atoms with E-state index in [0.717, 1.165) is 48.4 Å². The van der Waals surface area contributed by atoms with Gasteiger partial charge in [0.25, 0.3) is 0 Å². The highest BCUT2D eigenvalue weighted by molar-refractivity contribution is 7.98. The van der Waals surface area contributed by atoms with Crippen LogP contribution in [0.3, 0.4) is 0 Å². The first-order valence-electron chi connectivity index (χ1n) is 8.63. The molecule has 0 atom stereocenters. The van der Waals surface area contributed by atoms with Crippen molar-refractivity contribution in [3.63, 3.8) is 0 Å². The van der Waals surface area contributed by atoms with Gasteiger partial charge in [0, 0.05) is 31.1 Å². The molecule has 1 saturated heterocycles. The summed E-state index contributed by atoms with van der Waals surface area (Å²) in [6.07, 6.45) is 6.05. The van der Waals surface area contributed by atoms with Gasteiger partial charge in [0.15, 0.2) is 5.16 Å². The third-order valence-corrected chi connectivity index (χ3v) is 5.74. The molecule has 4 rings (SSSR count). The van der Waals surface area contributed by atoms with Crippen LogP contribution in [0.4, 0.5) is 0 Å². The van der Waals surface area contributed by atoms with Crippen LogP contribution in [0.1, 0.15) is 30.1 Å². The lowest BCUT2D eigenvalue weighted by Gasteiger charge is -2.21. The molecule has 3 aromatic rings. The maximum absolute atomic E-state index is 4.47. The van der Waals surface area contributed by atoms with E-state index in [0.29, 0.717) is 5.92 Å². The first-order chi connectivity index (χ1) is 12.3. The van der Waals surface area contributed by atoms with Gasteiger partial charge in [0.2, 0.25) is 0 Å². The molecule has 0 amide bonds. The Kier molecular flexibility index (Phi) is 4.85. The standard InChI is InChI=1S/C18H22N6S/c1-23-17(14-7-10-19-11-8-14)21-22-18(23)25-13-15-5-2-3-6-16(15)24-12-4-9-20-24/h2-6,9,12,14,19H,7-8,10-11,13H2,1H3. The second-order valence-corrected chi connectivity index (χ2v) is 7.23. The van der Waals surface area contributed by atoms with Crippen LogP contribution in [0.2, 0.25) is 0 Å². The summed E-state index contributed by atoms with van der Waals surface area (Å²) in [4.78, 5) is 0. The predicted octanol–water partition coefficient (Wildman–Crippen LogP) is 2.76. The maximum Gasteiger partial charge on any atom is 0.191 e. The first kappa shape index (κ1) is 16.4. The van der Waals surface area contributed by atoms with Crippen molar-refractivity contribution >= 4 is 11.8 Å². The molecule has 0 spiro atoms. The van der Waals surface area contributed by atoms with Crippen molar-refractivity contribution < 1.29 is 0 Å². The Morgan fingerprint density at radius 1 is 1.16 bits per heavy atom. The minimum atomic E-state index is 0.518. The van der Waals surface area contributed by atoms with Crippen molar-refractivity contribution in [3.05, 3.63) is 54.1 Å². The molecule has 1 fully saturated rings. The third-order valence-electron chi connectivity index (χ3n) is 4.67. The summed E-state index contributed by atoms with van der Waals surface area (Å²) in [7, 11) is 2.08. The van der Waals surface area contributed by atoms with E-state index in [-0.39, 0.29) is 0 Å². The maximum atomic E-state index is 4.47. The number of benzene rings is 1. The number of rotatable bonds is 5. The lowest BCUT2D eigenvalue weighted by molar-refractivity contribution is 0.434. The lowest BCUT2D eigenvalue weighted by atomic mass is 9.97. The molecule has 25 heavy (non-hydrogen) atoms. The third kappa shape index (κ3) is 3.48. The molecule has 0 aliphatic carbocycles. The fourth-order valence-electron chi connectivity index (χ4n) is 3.30. The fourth-order valence-corrected chi connectivity index (χ4v) is 4.21. The van der Waals surface area contributed by atoms with Gasteiger partial charge in [0.1, 0.15) is 5.82 Å². The van der Waals surface area contributed by atoms with E-state index in [1.165, 1.54) is 5.56 Å². The zero-order valence-electron chi connectivity index (χ0n) is 14.3. The van der Waals surface area contributed by atoms with Gasteiger partial charge in [-0.2, -0.15) is 5.10 Å². The van der Waals surface area contributed by atoms with Crippen LogP contribution in [0.15, 0.2) is 47.9 Å². The molecule has 0 bridgehead atoms. The van der Waals surface area contributed by atoms with Crippen molar-refractivity contribution in [3.8, 4) is 5.69 Å². The van der Waals surface area contributed by atoms with Crippen molar-refractivity contribution in [1.29, 1.82) is 0 Å². The van der Waals surface area contributed by atoms with Crippen molar-refractivity contribution in [1.82, 2.24) is 29.9 Å². The zero-order valence-corrected chi connectivity index (χ0v) is 15.1. The summed E-state index contributed by atoms with van der Waals surface area (Å²) in [5, 5.41) is 17.6. The highest BCUT2D eigenvalue weighted by atomic mass is 32.2. The topological polar surface area (TPSA) is 60.6 Å². The van der Waals surface area contributed by atoms with Gasteiger partial charge in [-0.25, -0.2) is 4.68 Å². The van der Waals surface area contributed by atoms with E-state index in [1.807, 2.05) is 23.0 Å². The minimum Gasteiger partial charge on any atom is -0.317 e. The fraction of sp³-hybridized carbons (Fsp3) is 0.389. The number of piperidine rings is 1. The molecule has 2 aromatic heterocycles. The van der Waals surface area contributed by atoms with Gasteiger partial charge in [-0.05, 0) is 43.6 Å². The normalized spacial score (nSPS) is 15.6. The summed E-state index contributed by atoms with van der Waals surface area (Å²) >= 11 is 1.73. The molecule has 1 aromatic carbocycles. The van der Waals surface area contributed by atoms with Crippen molar-refractivity contribution in [2.45, 2.75) is 29.7 Å². The first-order valence-corrected chi connectivity index (χ1v) is 9.62. The smallest absolute Gasteiger partial charge is 0.191 e. The van der Waals surface area contributed by atoms with E-state index in [1.54, 1.807) is 18.0 Å². The Labute approximate surface area is 151 Å². The Morgan fingerprint density at radius 3 is 2.80 bits per heavy atom. The molecule has 0 unspecified atom stereocenters. The van der Waals surface area contributed by atoms with Gasteiger partial charge in [-0.1, -0.05) is 30.0 Å². The minimum absolute atomic E-state index is 0.518. The van der Waals surface area contributed by atoms with E-state index in [4.69, 9.17) is 0 Å². The number of thioether (sulfide) groups is 1. The molecule has 0 saturated carbocycles. The Hall–Kier alpha value is -2.12. The highest BCUT2D eigenvalue weighted by Gasteiger charge is 2.21. The van der Waals surface area contributed by atoms with Gasteiger partial charge >= 0.3 is 0 Å². The number of nitrogens with zero attached hydrogens (tertiary/aromatic N) is 5. The predicted molar refractivity (Wildman–Crippen MR) is 99.0 cm³/mol. The molecule has 6 nitrogen and oxygen atoms in total.